The average molecular weight is 290 g/mol. The van der Waals surface area contributed by atoms with Gasteiger partial charge >= 0.3 is 0 Å². The van der Waals surface area contributed by atoms with Crippen LogP contribution in [0.2, 0.25) is 5.02 Å². The molecule has 1 aromatic rings. The fraction of sp³-hybridized carbons (Fsp3) is 0.462. The minimum atomic E-state index is -0.568. The number of alkyl halides is 1. The molecule has 0 radical (unpaired) electrons. The minimum Gasteiger partial charge on any atom is -0.334 e. The molecule has 2 nitrogen and oxygen atoms in total. The number of amides is 1. The molecule has 5 heteroatoms. The van der Waals surface area contributed by atoms with Gasteiger partial charge in [-0.2, -0.15) is 0 Å². The fourth-order valence-corrected chi connectivity index (χ4v) is 2.33. The summed E-state index contributed by atoms with van der Waals surface area (Å²) in [6.07, 6.45) is 3.13. The highest BCUT2D eigenvalue weighted by Gasteiger charge is 2.29. The van der Waals surface area contributed by atoms with E-state index in [-0.39, 0.29) is 17.0 Å². The van der Waals surface area contributed by atoms with Crippen molar-refractivity contribution in [1.29, 1.82) is 0 Å². The van der Waals surface area contributed by atoms with E-state index < -0.39 is 5.82 Å². The molecular formula is C13H14Cl2FNO. The van der Waals surface area contributed by atoms with Crippen LogP contribution in [0.15, 0.2) is 18.2 Å². The molecule has 1 fully saturated rings. The second-order valence-corrected chi connectivity index (χ2v) is 5.19. The van der Waals surface area contributed by atoms with Crippen LogP contribution >= 0.6 is 23.2 Å². The zero-order valence-electron chi connectivity index (χ0n) is 9.83. The molecule has 1 aliphatic rings. The summed E-state index contributed by atoms with van der Waals surface area (Å²) in [5.74, 6) is -0.351. The van der Waals surface area contributed by atoms with Crippen LogP contribution in [0.4, 0.5) is 4.39 Å². The van der Waals surface area contributed by atoms with Crippen LogP contribution in [0.25, 0.3) is 0 Å². The third kappa shape index (κ3) is 2.78. The standard InChI is InChI=1S/C13H14Cl2FNO/c14-6-7-17(10-2-1-3-10)13(18)9-4-5-11(15)12(16)8-9/h4-5,8,10H,1-3,6-7H2. The van der Waals surface area contributed by atoms with E-state index in [1.165, 1.54) is 12.1 Å². The lowest BCUT2D eigenvalue weighted by atomic mass is 9.91. The maximum absolute atomic E-state index is 13.4. The first-order valence-electron chi connectivity index (χ1n) is 5.95. The van der Waals surface area contributed by atoms with E-state index in [4.69, 9.17) is 23.2 Å². The van der Waals surface area contributed by atoms with Gasteiger partial charge in [-0.1, -0.05) is 11.6 Å². The first-order chi connectivity index (χ1) is 8.63. The third-order valence-electron chi connectivity index (χ3n) is 3.27. The van der Waals surface area contributed by atoms with E-state index in [1.807, 2.05) is 0 Å². The third-order valence-corrected chi connectivity index (χ3v) is 3.74. The minimum absolute atomic E-state index is 0.0269. The number of hydrogen-bond donors (Lipinski definition) is 0. The molecule has 0 aromatic heterocycles. The van der Waals surface area contributed by atoms with E-state index in [0.29, 0.717) is 18.0 Å². The van der Waals surface area contributed by atoms with Crippen molar-refractivity contribution in [3.63, 3.8) is 0 Å². The molecule has 1 aliphatic carbocycles. The number of halogens is 3. The Morgan fingerprint density at radius 2 is 2.17 bits per heavy atom. The first kappa shape index (κ1) is 13.6. The van der Waals surface area contributed by atoms with Gasteiger partial charge in [0.25, 0.3) is 5.91 Å². The number of carbonyl (C=O) groups is 1. The largest absolute Gasteiger partial charge is 0.334 e. The SMILES string of the molecule is O=C(c1ccc(Cl)c(F)c1)N(CCCl)C1CCC1. The van der Waals surface area contributed by atoms with Crippen LogP contribution < -0.4 is 0 Å². The highest BCUT2D eigenvalue weighted by Crippen LogP contribution is 2.26. The van der Waals surface area contributed by atoms with E-state index in [9.17, 15) is 9.18 Å². The normalized spacial score (nSPS) is 15.3. The van der Waals surface area contributed by atoms with Crippen LogP contribution in [0.3, 0.4) is 0 Å². The van der Waals surface area contributed by atoms with Crippen molar-refractivity contribution in [1.82, 2.24) is 4.90 Å². The summed E-state index contributed by atoms with van der Waals surface area (Å²) in [6.45, 7) is 0.495. The van der Waals surface area contributed by atoms with Gasteiger partial charge in [0, 0.05) is 24.0 Å². The van der Waals surface area contributed by atoms with Crippen molar-refractivity contribution < 1.29 is 9.18 Å². The predicted octanol–water partition coefficient (Wildman–Crippen LogP) is 3.71. The Balaban J connectivity index is 2.18. The van der Waals surface area contributed by atoms with Crippen molar-refractivity contribution >= 4 is 29.1 Å². The average Bonchev–Trinajstić information content (AvgIpc) is 2.29. The van der Waals surface area contributed by atoms with Gasteiger partial charge in [0.1, 0.15) is 5.82 Å². The maximum Gasteiger partial charge on any atom is 0.254 e. The van der Waals surface area contributed by atoms with Crippen LogP contribution in [0, 0.1) is 5.82 Å². The highest BCUT2D eigenvalue weighted by atomic mass is 35.5. The van der Waals surface area contributed by atoms with Crippen LogP contribution in [0.1, 0.15) is 29.6 Å². The summed E-state index contributed by atoms with van der Waals surface area (Å²) in [5.41, 5.74) is 0.328. The second kappa shape index (κ2) is 5.89. The number of nitrogens with zero attached hydrogens (tertiary/aromatic N) is 1. The number of hydrogen-bond acceptors (Lipinski definition) is 1. The van der Waals surface area contributed by atoms with Crippen LogP contribution in [-0.2, 0) is 0 Å². The molecule has 18 heavy (non-hydrogen) atoms. The molecule has 0 saturated heterocycles. The highest BCUT2D eigenvalue weighted by molar-refractivity contribution is 6.30. The molecule has 0 atom stereocenters. The molecular weight excluding hydrogens is 276 g/mol. The molecule has 0 unspecified atom stereocenters. The van der Waals surface area contributed by atoms with E-state index in [1.54, 1.807) is 11.0 Å². The van der Waals surface area contributed by atoms with Gasteiger partial charge in [-0.25, -0.2) is 4.39 Å². The molecule has 98 valence electrons. The lowest BCUT2D eigenvalue weighted by Crippen LogP contribution is -2.45. The zero-order valence-corrected chi connectivity index (χ0v) is 11.3. The Bertz CT molecular complexity index is 449. The smallest absolute Gasteiger partial charge is 0.254 e. The van der Waals surface area contributed by atoms with Gasteiger partial charge in [-0.3, -0.25) is 4.79 Å². The molecule has 1 amide bonds. The molecule has 2 rings (SSSR count). The number of carbonyl (C=O) groups excluding carboxylic acids is 1. The van der Waals surface area contributed by atoms with Crippen LogP contribution in [-0.4, -0.2) is 29.3 Å². The van der Waals surface area contributed by atoms with Gasteiger partial charge in [0.2, 0.25) is 0 Å². The molecule has 1 aromatic carbocycles. The van der Waals surface area contributed by atoms with Crippen LogP contribution in [0.5, 0.6) is 0 Å². The van der Waals surface area contributed by atoms with Gasteiger partial charge in [0.05, 0.1) is 5.02 Å². The Morgan fingerprint density at radius 1 is 1.44 bits per heavy atom. The fourth-order valence-electron chi connectivity index (χ4n) is 2.03. The summed E-state index contributed by atoms with van der Waals surface area (Å²) in [5, 5.41) is 0.0269. The second-order valence-electron chi connectivity index (χ2n) is 4.40. The van der Waals surface area contributed by atoms with Crippen molar-refractivity contribution in [3.8, 4) is 0 Å². The van der Waals surface area contributed by atoms with Crippen molar-refractivity contribution in [2.75, 3.05) is 12.4 Å². The monoisotopic (exact) mass is 289 g/mol. The molecule has 0 aliphatic heterocycles. The first-order valence-corrected chi connectivity index (χ1v) is 6.86. The zero-order chi connectivity index (χ0) is 13.1. The molecule has 0 spiro atoms. The Labute approximate surface area is 116 Å². The summed E-state index contributed by atoms with van der Waals surface area (Å²) in [6, 6.07) is 4.39. The summed E-state index contributed by atoms with van der Waals surface area (Å²) >= 11 is 11.3. The van der Waals surface area contributed by atoms with Crippen molar-refractivity contribution in [3.05, 3.63) is 34.6 Å². The van der Waals surface area contributed by atoms with Crippen molar-refractivity contribution in [2.45, 2.75) is 25.3 Å². The molecule has 0 heterocycles. The van der Waals surface area contributed by atoms with Gasteiger partial charge < -0.3 is 4.90 Å². The van der Waals surface area contributed by atoms with Gasteiger partial charge in [0.15, 0.2) is 0 Å². The lowest BCUT2D eigenvalue weighted by molar-refractivity contribution is 0.0597. The number of benzene rings is 1. The summed E-state index contributed by atoms with van der Waals surface area (Å²) in [7, 11) is 0. The Kier molecular flexibility index (Phi) is 4.46. The predicted molar refractivity (Wildman–Crippen MR) is 70.8 cm³/mol. The number of rotatable bonds is 4. The molecule has 0 bridgehead atoms. The summed E-state index contributed by atoms with van der Waals surface area (Å²) in [4.78, 5) is 14.0. The Morgan fingerprint density at radius 3 is 2.67 bits per heavy atom. The Hall–Kier alpha value is -0.800. The maximum atomic E-state index is 13.4. The van der Waals surface area contributed by atoms with E-state index in [2.05, 4.69) is 0 Å². The van der Waals surface area contributed by atoms with E-state index >= 15 is 0 Å². The lowest BCUT2D eigenvalue weighted by Gasteiger charge is -2.37. The summed E-state index contributed by atoms with van der Waals surface area (Å²) < 4.78 is 13.4. The molecule has 0 N–H and O–H groups in total. The topological polar surface area (TPSA) is 20.3 Å². The van der Waals surface area contributed by atoms with Gasteiger partial charge in [-0.05, 0) is 37.5 Å². The molecule has 1 saturated carbocycles. The van der Waals surface area contributed by atoms with Crippen molar-refractivity contribution in [2.24, 2.45) is 0 Å². The van der Waals surface area contributed by atoms with Gasteiger partial charge in [-0.15, -0.1) is 11.6 Å². The van der Waals surface area contributed by atoms with E-state index in [0.717, 1.165) is 19.3 Å². The quantitative estimate of drug-likeness (QED) is 0.774.